The van der Waals surface area contributed by atoms with Gasteiger partial charge in [-0.3, -0.25) is 0 Å². The van der Waals surface area contributed by atoms with E-state index in [1.165, 1.54) is 6.07 Å². The zero-order valence-corrected chi connectivity index (χ0v) is 7.20. The van der Waals surface area contributed by atoms with Crippen LogP contribution < -0.4 is 5.46 Å². The summed E-state index contributed by atoms with van der Waals surface area (Å²) in [6.07, 6.45) is 0. The van der Waals surface area contributed by atoms with Gasteiger partial charge in [-0.15, -0.1) is 0 Å². The van der Waals surface area contributed by atoms with Crippen LogP contribution in [0.2, 0.25) is 0 Å². The largest absolute Gasteiger partial charge is 0.466 e. The van der Waals surface area contributed by atoms with E-state index in [0.717, 1.165) is 12.1 Å². The Morgan fingerprint density at radius 3 is 2.43 bits per heavy atom. The van der Waals surface area contributed by atoms with Crippen molar-refractivity contribution in [1.82, 2.24) is 0 Å². The summed E-state index contributed by atoms with van der Waals surface area (Å²) in [6, 6.07) is 3.49. The van der Waals surface area contributed by atoms with E-state index in [2.05, 4.69) is 0 Å². The van der Waals surface area contributed by atoms with Gasteiger partial charge in [-0.25, -0.2) is 8.78 Å². The van der Waals surface area contributed by atoms with Gasteiger partial charge in [0, 0.05) is 0 Å². The Hall–Kier alpha value is -0.845. The van der Waals surface area contributed by atoms with Gasteiger partial charge >= 0.3 is 22.5 Å². The first kappa shape index (κ1) is 9.70. The molecule has 0 aromatic heterocycles. The number of hydrogen-bond donors (Lipinski definition) is 0. The molecule has 3 nitrogen and oxygen atoms in total. The van der Waals surface area contributed by atoms with Crippen molar-refractivity contribution in [3.05, 3.63) is 29.8 Å². The number of benzene rings is 1. The zero-order valence-electron chi connectivity index (χ0n) is 7.20. The van der Waals surface area contributed by atoms with Crippen LogP contribution in [-0.4, -0.2) is 22.5 Å². The topological polar surface area (TPSA) is 27.7 Å². The average molecular weight is 196 g/mol. The maximum Gasteiger partial charge on any atom is 0.466 e. The van der Waals surface area contributed by atoms with Crippen LogP contribution in [0.1, 0.15) is 0 Å². The molecule has 0 spiro atoms. The molecular weight excluding hydrogens is 190 g/mol. The van der Waals surface area contributed by atoms with Crippen LogP contribution in [0.25, 0.3) is 0 Å². The van der Waals surface area contributed by atoms with Gasteiger partial charge in [0.1, 0.15) is 0 Å². The van der Waals surface area contributed by atoms with Crippen LogP contribution in [0.5, 0.6) is 0 Å². The maximum absolute atomic E-state index is 12.8. The minimum atomic E-state index is -0.916. The van der Waals surface area contributed by atoms with Crippen molar-refractivity contribution in [2.75, 3.05) is 0 Å². The Labute approximate surface area is 81.1 Å². The zero-order chi connectivity index (χ0) is 9.97. The molecule has 1 aromatic rings. The summed E-state index contributed by atoms with van der Waals surface area (Å²) in [4.78, 5) is 0. The Kier molecular flexibility index (Phi) is 2.86. The molecule has 0 N–H and O–H groups in total. The van der Waals surface area contributed by atoms with Crippen LogP contribution in [0.15, 0.2) is 18.2 Å². The fourth-order valence-electron chi connectivity index (χ4n) is 1.15. The standard InChI is InChI=1S/C6H5B3F2O3/c10-5-2-1-4(3-6(5)11)9-13-7-12-8-14-9/h1-3,7-8H. The van der Waals surface area contributed by atoms with Crippen molar-refractivity contribution >= 4 is 28.0 Å². The molecule has 14 heavy (non-hydrogen) atoms. The quantitative estimate of drug-likeness (QED) is 0.553. The molecule has 2 rings (SSSR count). The van der Waals surface area contributed by atoms with Gasteiger partial charge in [0.2, 0.25) is 0 Å². The average Bonchev–Trinajstić information content (AvgIpc) is 2.23. The normalized spacial score (nSPS) is 16.0. The lowest BCUT2D eigenvalue weighted by Gasteiger charge is -2.19. The molecule has 1 aromatic carbocycles. The Morgan fingerprint density at radius 1 is 1.07 bits per heavy atom. The Bertz CT molecular complexity index is 332. The van der Waals surface area contributed by atoms with Gasteiger partial charge in [-0.2, -0.15) is 0 Å². The fourth-order valence-corrected chi connectivity index (χ4v) is 1.15. The molecule has 0 aliphatic carbocycles. The second-order valence-corrected chi connectivity index (χ2v) is 2.78. The van der Waals surface area contributed by atoms with Crippen molar-refractivity contribution in [3.8, 4) is 0 Å². The second kappa shape index (κ2) is 4.12. The van der Waals surface area contributed by atoms with E-state index in [9.17, 15) is 8.78 Å². The number of rotatable bonds is 1. The van der Waals surface area contributed by atoms with E-state index in [0.29, 0.717) is 5.46 Å². The first-order valence-electron chi connectivity index (χ1n) is 4.03. The minimum Gasteiger partial charge on any atom is -0.458 e. The Morgan fingerprint density at radius 2 is 1.79 bits per heavy atom. The van der Waals surface area contributed by atoms with Crippen molar-refractivity contribution in [2.24, 2.45) is 0 Å². The first-order valence-corrected chi connectivity index (χ1v) is 4.03. The SMILES string of the molecule is Fc1ccc(B2OBOBO2)cc1F. The van der Waals surface area contributed by atoms with Crippen molar-refractivity contribution in [2.45, 2.75) is 0 Å². The van der Waals surface area contributed by atoms with Crippen LogP contribution in [0, 0.1) is 11.6 Å². The highest BCUT2D eigenvalue weighted by Crippen LogP contribution is 2.04. The predicted molar refractivity (Wildman–Crippen MR) is 49.3 cm³/mol. The summed E-state index contributed by atoms with van der Waals surface area (Å²) in [5.41, 5.74) is 0.437. The molecule has 1 aliphatic rings. The number of halogens is 2. The highest BCUT2D eigenvalue weighted by molar-refractivity contribution is 6.71. The molecule has 0 atom stereocenters. The summed E-state index contributed by atoms with van der Waals surface area (Å²) in [5, 5.41) is 0. The van der Waals surface area contributed by atoms with E-state index in [1.54, 1.807) is 0 Å². The molecular formula is C6H5B3F2O3. The van der Waals surface area contributed by atoms with E-state index in [4.69, 9.17) is 13.7 Å². The molecule has 0 radical (unpaired) electrons. The molecule has 1 aliphatic heterocycles. The summed E-state index contributed by atoms with van der Waals surface area (Å²) in [7, 11) is -0.508. The lowest BCUT2D eigenvalue weighted by Crippen LogP contribution is -2.44. The monoisotopic (exact) mass is 196 g/mol. The predicted octanol–water partition coefficient (Wildman–Crippen LogP) is -0.744. The van der Waals surface area contributed by atoms with Gasteiger partial charge < -0.3 is 13.7 Å². The Balaban J connectivity index is 2.18. The minimum absolute atomic E-state index is 0.0870. The van der Waals surface area contributed by atoms with Gasteiger partial charge in [0.05, 0.1) is 0 Å². The highest BCUT2D eigenvalue weighted by Gasteiger charge is 2.26. The molecule has 70 valence electrons. The van der Waals surface area contributed by atoms with E-state index < -0.39 is 18.8 Å². The molecule has 8 heteroatoms. The molecule has 1 heterocycles. The van der Waals surface area contributed by atoms with Gasteiger partial charge in [0.25, 0.3) is 0 Å². The lowest BCUT2D eigenvalue weighted by molar-refractivity contribution is 0.333. The fraction of sp³-hybridized carbons (Fsp3) is 0. The van der Waals surface area contributed by atoms with Crippen LogP contribution in [0.4, 0.5) is 8.78 Å². The van der Waals surface area contributed by atoms with Crippen molar-refractivity contribution in [1.29, 1.82) is 0 Å². The molecule has 0 unspecified atom stereocenters. The highest BCUT2D eigenvalue weighted by atomic mass is 19.2. The van der Waals surface area contributed by atoms with E-state index in [-0.39, 0.29) is 15.4 Å². The summed E-state index contributed by atoms with van der Waals surface area (Å²) >= 11 is 0. The summed E-state index contributed by atoms with van der Waals surface area (Å²) < 4.78 is 40.2. The van der Waals surface area contributed by atoms with Crippen molar-refractivity contribution < 1.29 is 22.5 Å². The third kappa shape index (κ3) is 1.97. The summed E-state index contributed by atoms with van der Waals surface area (Å²) in [5.74, 6) is -1.80. The first-order chi connectivity index (χ1) is 6.77. The van der Waals surface area contributed by atoms with Crippen molar-refractivity contribution in [3.63, 3.8) is 0 Å². The molecule has 1 saturated heterocycles. The van der Waals surface area contributed by atoms with Gasteiger partial charge in [-0.1, -0.05) is 6.07 Å². The third-order valence-electron chi connectivity index (χ3n) is 1.82. The smallest absolute Gasteiger partial charge is 0.458 e. The van der Waals surface area contributed by atoms with E-state index in [1.807, 2.05) is 0 Å². The molecule has 0 saturated carbocycles. The van der Waals surface area contributed by atoms with Crippen LogP contribution >= 0.6 is 0 Å². The number of hydrogen-bond acceptors (Lipinski definition) is 3. The summed E-state index contributed by atoms with van der Waals surface area (Å²) in [6.45, 7) is 0. The maximum atomic E-state index is 12.8. The lowest BCUT2D eigenvalue weighted by atomic mass is 9.75. The van der Waals surface area contributed by atoms with Gasteiger partial charge in [0.15, 0.2) is 11.6 Å². The molecule has 0 bridgehead atoms. The van der Waals surface area contributed by atoms with Gasteiger partial charge in [-0.05, 0) is 17.6 Å². The van der Waals surface area contributed by atoms with Crippen LogP contribution in [0.3, 0.4) is 0 Å². The molecule has 1 fully saturated rings. The van der Waals surface area contributed by atoms with E-state index >= 15 is 0 Å². The van der Waals surface area contributed by atoms with Crippen LogP contribution in [-0.2, 0) is 13.7 Å². The third-order valence-corrected chi connectivity index (χ3v) is 1.82. The second-order valence-electron chi connectivity index (χ2n) is 2.78. The molecule has 0 amide bonds.